The highest BCUT2D eigenvalue weighted by atomic mass is 16.1. The fraction of sp³-hybridized carbons (Fsp3) is 0.412. The van der Waals surface area contributed by atoms with Gasteiger partial charge >= 0.3 is 0 Å². The average molecular weight is 266 g/mol. The standard InChI is InChI=1S/C17H18N2O/c18-10-13-8-5-9-15-16(13)14(11-19-15)17(20)12-6-3-1-2-4-7-12/h5,8-9,11-12,19H,1-4,6-7H2. The molecule has 1 N–H and O–H groups in total. The number of nitrogens with one attached hydrogen (secondary N) is 1. The molecule has 0 unspecified atom stereocenters. The van der Waals surface area contributed by atoms with E-state index < -0.39 is 0 Å². The van der Waals surface area contributed by atoms with Crippen molar-refractivity contribution in [2.45, 2.75) is 38.5 Å². The number of benzene rings is 1. The molecule has 1 saturated carbocycles. The SMILES string of the molecule is N#Cc1cccc2[nH]cc(C(=O)C3CCCCCC3)c12. The third kappa shape index (κ3) is 2.22. The first-order chi connectivity index (χ1) is 9.81. The lowest BCUT2D eigenvalue weighted by Crippen LogP contribution is -2.13. The number of H-pyrrole nitrogens is 1. The van der Waals surface area contributed by atoms with Crippen LogP contribution in [0.2, 0.25) is 0 Å². The van der Waals surface area contributed by atoms with Crippen molar-refractivity contribution in [1.29, 1.82) is 5.26 Å². The number of rotatable bonds is 2. The maximum atomic E-state index is 12.8. The van der Waals surface area contributed by atoms with Crippen molar-refractivity contribution in [2.75, 3.05) is 0 Å². The largest absolute Gasteiger partial charge is 0.360 e. The molecule has 1 aliphatic rings. The Bertz CT molecular complexity index is 670. The molecule has 102 valence electrons. The molecule has 1 aromatic carbocycles. The molecule has 2 aromatic rings. The maximum absolute atomic E-state index is 12.8. The number of ketones is 1. The Morgan fingerprint density at radius 3 is 2.65 bits per heavy atom. The fourth-order valence-electron chi connectivity index (χ4n) is 3.23. The van der Waals surface area contributed by atoms with Crippen molar-refractivity contribution in [3.8, 4) is 6.07 Å². The summed E-state index contributed by atoms with van der Waals surface area (Å²) in [6.45, 7) is 0. The fourth-order valence-corrected chi connectivity index (χ4v) is 3.23. The third-order valence-corrected chi connectivity index (χ3v) is 4.32. The smallest absolute Gasteiger partial charge is 0.168 e. The summed E-state index contributed by atoms with van der Waals surface area (Å²) in [7, 11) is 0. The lowest BCUT2D eigenvalue weighted by atomic mass is 9.90. The van der Waals surface area contributed by atoms with Crippen LogP contribution in [0.3, 0.4) is 0 Å². The normalized spacial score (nSPS) is 16.8. The Morgan fingerprint density at radius 2 is 1.95 bits per heavy atom. The minimum absolute atomic E-state index is 0.128. The number of nitriles is 1. The lowest BCUT2D eigenvalue weighted by Gasteiger charge is -2.12. The van der Waals surface area contributed by atoms with E-state index in [1.54, 1.807) is 12.3 Å². The van der Waals surface area contributed by atoms with E-state index in [1.807, 2.05) is 12.1 Å². The molecule has 1 fully saturated rings. The van der Waals surface area contributed by atoms with Gasteiger partial charge in [-0.2, -0.15) is 5.26 Å². The first-order valence-corrected chi connectivity index (χ1v) is 7.35. The van der Waals surface area contributed by atoms with Gasteiger partial charge in [-0.25, -0.2) is 0 Å². The topological polar surface area (TPSA) is 56.6 Å². The van der Waals surface area contributed by atoms with E-state index in [2.05, 4.69) is 11.1 Å². The molecule has 1 aromatic heterocycles. The van der Waals surface area contributed by atoms with E-state index in [1.165, 1.54) is 12.8 Å². The van der Waals surface area contributed by atoms with Crippen LogP contribution in [0.1, 0.15) is 54.4 Å². The number of aromatic amines is 1. The lowest BCUT2D eigenvalue weighted by molar-refractivity contribution is 0.0909. The molecule has 0 spiro atoms. The summed E-state index contributed by atoms with van der Waals surface area (Å²) in [5.41, 5.74) is 2.16. The Morgan fingerprint density at radius 1 is 1.20 bits per heavy atom. The van der Waals surface area contributed by atoms with Crippen molar-refractivity contribution in [3.63, 3.8) is 0 Å². The number of fused-ring (bicyclic) bond motifs is 1. The molecule has 3 heteroatoms. The summed E-state index contributed by atoms with van der Waals surface area (Å²) in [5.74, 6) is 0.337. The van der Waals surface area contributed by atoms with E-state index in [0.717, 1.165) is 36.6 Å². The number of hydrogen-bond donors (Lipinski definition) is 1. The van der Waals surface area contributed by atoms with Crippen LogP contribution in [-0.2, 0) is 0 Å². The minimum atomic E-state index is 0.128. The van der Waals surface area contributed by atoms with Gasteiger partial charge in [0.25, 0.3) is 0 Å². The molecule has 3 rings (SSSR count). The number of Topliss-reactive ketones (excluding diaryl/α,β-unsaturated/α-hetero) is 1. The molecular weight excluding hydrogens is 248 g/mol. The number of aromatic nitrogens is 1. The van der Waals surface area contributed by atoms with Gasteiger partial charge in [-0.3, -0.25) is 4.79 Å². The molecule has 0 aliphatic heterocycles. The van der Waals surface area contributed by atoms with Crippen LogP contribution in [-0.4, -0.2) is 10.8 Å². The summed E-state index contributed by atoms with van der Waals surface area (Å²) in [6.07, 6.45) is 8.51. The number of nitrogens with zero attached hydrogens (tertiary/aromatic N) is 1. The molecular formula is C17H18N2O. The molecule has 0 atom stereocenters. The quantitative estimate of drug-likeness (QED) is 0.654. The summed E-state index contributed by atoms with van der Waals surface area (Å²) in [5, 5.41) is 10.0. The number of hydrogen-bond acceptors (Lipinski definition) is 2. The van der Waals surface area contributed by atoms with Crippen LogP contribution in [0.15, 0.2) is 24.4 Å². The molecule has 1 aliphatic carbocycles. The van der Waals surface area contributed by atoms with E-state index in [9.17, 15) is 10.1 Å². The average Bonchev–Trinajstić information content (AvgIpc) is 2.73. The van der Waals surface area contributed by atoms with Gasteiger partial charge in [0.15, 0.2) is 5.78 Å². The van der Waals surface area contributed by atoms with Crippen LogP contribution >= 0.6 is 0 Å². The Labute approximate surface area is 118 Å². The molecule has 3 nitrogen and oxygen atoms in total. The molecule has 0 radical (unpaired) electrons. The zero-order valence-corrected chi connectivity index (χ0v) is 11.5. The van der Waals surface area contributed by atoms with Crippen molar-refractivity contribution in [2.24, 2.45) is 5.92 Å². The van der Waals surface area contributed by atoms with Crippen molar-refractivity contribution in [1.82, 2.24) is 4.98 Å². The van der Waals surface area contributed by atoms with Crippen molar-refractivity contribution >= 4 is 16.7 Å². The molecule has 0 amide bonds. The van der Waals surface area contributed by atoms with Crippen LogP contribution in [0, 0.1) is 17.2 Å². The van der Waals surface area contributed by atoms with Gasteiger partial charge in [0.1, 0.15) is 0 Å². The monoisotopic (exact) mass is 266 g/mol. The molecule has 1 heterocycles. The summed E-state index contributed by atoms with van der Waals surface area (Å²) >= 11 is 0. The summed E-state index contributed by atoms with van der Waals surface area (Å²) in [4.78, 5) is 15.9. The summed E-state index contributed by atoms with van der Waals surface area (Å²) in [6, 6.07) is 7.73. The number of carbonyl (C=O) groups excluding carboxylic acids is 1. The first-order valence-electron chi connectivity index (χ1n) is 7.35. The van der Waals surface area contributed by atoms with Crippen LogP contribution in [0.5, 0.6) is 0 Å². The maximum Gasteiger partial charge on any atom is 0.168 e. The summed E-state index contributed by atoms with van der Waals surface area (Å²) < 4.78 is 0. The second-order valence-corrected chi connectivity index (χ2v) is 5.60. The van der Waals surface area contributed by atoms with E-state index in [0.29, 0.717) is 11.1 Å². The highest BCUT2D eigenvalue weighted by Crippen LogP contribution is 2.30. The number of carbonyl (C=O) groups is 1. The van der Waals surface area contributed by atoms with Gasteiger partial charge in [-0.15, -0.1) is 0 Å². The zero-order valence-electron chi connectivity index (χ0n) is 11.5. The van der Waals surface area contributed by atoms with E-state index in [-0.39, 0.29) is 11.7 Å². The van der Waals surface area contributed by atoms with Gasteiger partial charge in [0.05, 0.1) is 11.6 Å². The van der Waals surface area contributed by atoms with Gasteiger partial charge in [-0.1, -0.05) is 31.7 Å². The predicted octanol–water partition coefficient (Wildman–Crippen LogP) is 4.19. The van der Waals surface area contributed by atoms with Gasteiger partial charge < -0.3 is 4.98 Å². The zero-order chi connectivity index (χ0) is 13.9. The minimum Gasteiger partial charge on any atom is -0.360 e. The van der Waals surface area contributed by atoms with Gasteiger partial charge in [0.2, 0.25) is 0 Å². The Balaban J connectivity index is 2.01. The molecule has 20 heavy (non-hydrogen) atoms. The Kier molecular flexibility index (Phi) is 3.56. The van der Waals surface area contributed by atoms with E-state index >= 15 is 0 Å². The van der Waals surface area contributed by atoms with Gasteiger partial charge in [-0.05, 0) is 25.0 Å². The van der Waals surface area contributed by atoms with Crippen LogP contribution < -0.4 is 0 Å². The highest BCUT2D eigenvalue weighted by molar-refractivity contribution is 6.10. The third-order valence-electron chi connectivity index (χ3n) is 4.32. The van der Waals surface area contributed by atoms with Crippen LogP contribution in [0.25, 0.3) is 10.9 Å². The molecule has 0 saturated heterocycles. The van der Waals surface area contributed by atoms with Crippen LogP contribution in [0.4, 0.5) is 0 Å². The molecule has 0 bridgehead atoms. The highest BCUT2D eigenvalue weighted by Gasteiger charge is 2.24. The van der Waals surface area contributed by atoms with Gasteiger partial charge in [0, 0.05) is 28.6 Å². The second-order valence-electron chi connectivity index (χ2n) is 5.60. The Hall–Kier alpha value is -2.08. The van der Waals surface area contributed by atoms with Crippen molar-refractivity contribution in [3.05, 3.63) is 35.5 Å². The van der Waals surface area contributed by atoms with E-state index in [4.69, 9.17) is 0 Å². The predicted molar refractivity (Wildman–Crippen MR) is 78.5 cm³/mol. The second kappa shape index (κ2) is 5.50. The first kappa shape index (κ1) is 12.9. The van der Waals surface area contributed by atoms with Crippen molar-refractivity contribution < 1.29 is 4.79 Å².